The lowest BCUT2D eigenvalue weighted by Gasteiger charge is -2.42. The second-order valence-electron chi connectivity index (χ2n) is 11.4. The van der Waals surface area contributed by atoms with Crippen LogP contribution in [0, 0.1) is 18.8 Å². The van der Waals surface area contributed by atoms with Crippen LogP contribution in [0.15, 0.2) is 87.3 Å². The van der Waals surface area contributed by atoms with Gasteiger partial charge in [0.1, 0.15) is 5.82 Å². The number of fused-ring (bicyclic) bond motifs is 1. The first kappa shape index (κ1) is 34.3. The van der Waals surface area contributed by atoms with Gasteiger partial charge in [-0.1, -0.05) is 52.0 Å². The van der Waals surface area contributed by atoms with Crippen molar-refractivity contribution in [3.63, 3.8) is 0 Å². The highest BCUT2D eigenvalue weighted by Gasteiger charge is 2.30. The third kappa shape index (κ3) is 8.89. The number of carbonyl (C=O) groups is 1. The number of ether oxygens (including phenoxy) is 1. The van der Waals surface area contributed by atoms with Gasteiger partial charge in [0.05, 0.1) is 24.3 Å². The number of carbonyl (C=O) groups excluding carboxylic acids is 1. The zero-order valence-corrected chi connectivity index (χ0v) is 28.3. The molecular formula is C35H51N5O2S. The Morgan fingerprint density at radius 2 is 1.84 bits per heavy atom. The molecule has 1 saturated heterocycles. The van der Waals surface area contributed by atoms with Crippen LogP contribution in [0.3, 0.4) is 0 Å². The van der Waals surface area contributed by atoms with E-state index in [1.165, 1.54) is 23.5 Å². The minimum atomic E-state index is -0.0764. The summed E-state index contributed by atoms with van der Waals surface area (Å²) in [5.41, 5.74) is 5.11. The SMILES string of the molecule is CC.COC.CSc1cc(C(=O)NCC2=CC3C(=CC=C(C4C=CC=C(N5CC(C)CC(C)C5)N4)N3C)C=N2)ccc1C. The first-order chi connectivity index (χ1) is 20.7. The number of nitrogens with zero attached hydrogens (tertiary/aromatic N) is 3. The summed E-state index contributed by atoms with van der Waals surface area (Å²) >= 11 is 1.66. The van der Waals surface area contributed by atoms with Crippen molar-refractivity contribution in [2.24, 2.45) is 16.8 Å². The molecule has 0 radical (unpaired) electrons. The molecule has 0 aromatic heterocycles. The molecule has 5 rings (SSSR count). The van der Waals surface area contributed by atoms with Gasteiger partial charge in [0.25, 0.3) is 5.91 Å². The van der Waals surface area contributed by atoms with Crippen LogP contribution in [0.2, 0.25) is 0 Å². The number of methoxy groups -OCH3 is 1. The molecule has 0 spiro atoms. The second-order valence-corrected chi connectivity index (χ2v) is 12.3. The molecule has 1 aromatic carbocycles. The molecular weight excluding hydrogens is 554 g/mol. The minimum Gasteiger partial charge on any atom is -0.388 e. The van der Waals surface area contributed by atoms with Crippen LogP contribution in [0.1, 0.15) is 50.0 Å². The predicted molar refractivity (Wildman–Crippen MR) is 183 cm³/mol. The molecule has 234 valence electrons. The smallest absolute Gasteiger partial charge is 0.251 e. The molecule has 0 bridgehead atoms. The lowest BCUT2D eigenvalue weighted by Crippen LogP contribution is -2.48. The maximum absolute atomic E-state index is 12.8. The Balaban J connectivity index is 0.000000953. The average Bonchev–Trinajstić information content (AvgIpc) is 3.01. The van der Waals surface area contributed by atoms with Gasteiger partial charge < -0.3 is 25.2 Å². The van der Waals surface area contributed by atoms with E-state index in [1.807, 2.05) is 44.5 Å². The summed E-state index contributed by atoms with van der Waals surface area (Å²) < 4.78 is 4.25. The van der Waals surface area contributed by atoms with Gasteiger partial charge in [-0.25, -0.2) is 0 Å². The Labute approximate surface area is 263 Å². The number of hydrogen-bond acceptors (Lipinski definition) is 7. The second kappa shape index (κ2) is 16.6. The van der Waals surface area contributed by atoms with Crippen LogP contribution < -0.4 is 10.6 Å². The molecule has 1 fully saturated rings. The molecule has 8 heteroatoms. The fraction of sp³-hybridized carbons (Fsp3) is 0.486. The Morgan fingerprint density at radius 3 is 2.51 bits per heavy atom. The third-order valence-electron chi connectivity index (χ3n) is 7.83. The summed E-state index contributed by atoms with van der Waals surface area (Å²) in [7, 11) is 5.39. The van der Waals surface area contributed by atoms with E-state index in [4.69, 9.17) is 0 Å². The van der Waals surface area contributed by atoms with Gasteiger partial charge >= 0.3 is 0 Å². The zero-order chi connectivity index (χ0) is 31.5. The van der Waals surface area contributed by atoms with Crippen molar-refractivity contribution >= 4 is 23.9 Å². The van der Waals surface area contributed by atoms with Crippen LogP contribution in [-0.2, 0) is 4.74 Å². The van der Waals surface area contributed by atoms with Gasteiger partial charge in [-0.3, -0.25) is 9.79 Å². The number of aliphatic imine (C=N–C) groups is 1. The molecule has 0 aliphatic carbocycles. The Kier molecular flexibility index (Phi) is 13.2. The van der Waals surface area contributed by atoms with Gasteiger partial charge in [-0.15, -0.1) is 11.8 Å². The average molecular weight is 606 g/mol. The predicted octanol–water partition coefficient (Wildman–Crippen LogP) is 6.18. The molecule has 43 heavy (non-hydrogen) atoms. The number of benzene rings is 1. The summed E-state index contributed by atoms with van der Waals surface area (Å²) in [5, 5.41) is 6.84. The lowest BCUT2D eigenvalue weighted by molar-refractivity contribution is 0.0956. The molecule has 0 saturated carbocycles. The number of nitrogens with one attached hydrogen (secondary N) is 2. The van der Waals surface area contributed by atoms with Crippen molar-refractivity contribution in [2.75, 3.05) is 47.2 Å². The maximum Gasteiger partial charge on any atom is 0.251 e. The van der Waals surface area contributed by atoms with E-state index in [0.717, 1.165) is 29.3 Å². The molecule has 7 nitrogen and oxygen atoms in total. The van der Waals surface area contributed by atoms with Gasteiger partial charge in [0, 0.05) is 56.7 Å². The number of piperidine rings is 1. The largest absolute Gasteiger partial charge is 0.388 e. The van der Waals surface area contributed by atoms with Crippen molar-refractivity contribution < 1.29 is 9.53 Å². The Bertz CT molecular complexity index is 1280. The van der Waals surface area contributed by atoms with Crippen molar-refractivity contribution in [3.05, 3.63) is 88.6 Å². The first-order valence-corrected chi connectivity index (χ1v) is 16.6. The normalized spacial score (nSPS) is 24.0. The van der Waals surface area contributed by atoms with Gasteiger partial charge in [0.15, 0.2) is 0 Å². The highest BCUT2D eigenvalue weighted by Crippen LogP contribution is 2.30. The van der Waals surface area contributed by atoms with Gasteiger partial charge in [0.2, 0.25) is 0 Å². The Hall–Kier alpha value is -3.23. The van der Waals surface area contributed by atoms with Crippen molar-refractivity contribution in [2.45, 2.75) is 58.0 Å². The van der Waals surface area contributed by atoms with Crippen LogP contribution >= 0.6 is 11.8 Å². The summed E-state index contributed by atoms with van der Waals surface area (Å²) in [4.78, 5) is 23.4. The Morgan fingerprint density at radius 1 is 1.14 bits per heavy atom. The number of rotatable bonds is 6. The van der Waals surface area contributed by atoms with Crippen LogP contribution in [0.5, 0.6) is 0 Å². The number of likely N-dealkylation sites (N-methyl/N-ethyl adjacent to an activating group) is 1. The molecule has 4 aliphatic rings. The van der Waals surface area contributed by atoms with Crippen LogP contribution in [0.25, 0.3) is 0 Å². The highest BCUT2D eigenvalue weighted by atomic mass is 32.2. The van der Waals surface area contributed by atoms with E-state index >= 15 is 0 Å². The number of amides is 1. The highest BCUT2D eigenvalue weighted by molar-refractivity contribution is 7.98. The third-order valence-corrected chi connectivity index (χ3v) is 8.71. The number of dihydropyridines is 1. The summed E-state index contributed by atoms with van der Waals surface area (Å²) in [5.74, 6) is 2.55. The van der Waals surface area contributed by atoms with Gasteiger partial charge in [-0.05, 0) is 72.9 Å². The van der Waals surface area contributed by atoms with Crippen molar-refractivity contribution in [1.29, 1.82) is 0 Å². The number of likely N-dealkylation sites (tertiary alicyclic amines) is 1. The maximum atomic E-state index is 12.8. The topological polar surface area (TPSA) is 69.2 Å². The fourth-order valence-electron chi connectivity index (χ4n) is 5.90. The molecule has 2 N–H and O–H groups in total. The number of allylic oxidation sites excluding steroid dienone is 4. The van der Waals surface area contributed by atoms with E-state index in [-0.39, 0.29) is 18.0 Å². The van der Waals surface area contributed by atoms with Crippen LogP contribution in [-0.4, -0.2) is 81.2 Å². The van der Waals surface area contributed by atoms with E-state index in [0.29, 0.717) is 23.9 Å². The summed E-state index contributed by atoms with van der Waals surface area (Å²) in [6.07, 6.45) is 18.4. The molecule has 1 aromatic rings. The van der Waals surface area contributed by atoms with E-state index < -0.39 is 0 Å². The van der Waals surface area contributed by atoms with Crippen LogP contribution in [0.4, 0.5) is 0 Å². The number of hydrogen-bond donors (Lipinski definition) is 2. The molecule has 4 aliphatic heterocycles. The fourth-order valence-corrected chi connectivity index (χ4v) is 6.53. The first-order valence-electron chi connectivity index (χ1n) is 15.4. The molecule has 4 unspecified atom stereocenters. The monoisotopic (exact) mass is 605 g/mol. The number of thioether (sulfide) groups is 1. The van der Waals surface area contributed by atoms with Crippen molar-refractivity contribution in [3.8, 4) is 0 Å². The van der Waals surface area contributed by atoms with E-state index in [9.17, 15) is 4.79 Å². The standard InChI is InChI=1S/C31H39N5OS.C2H6O.C2H6/c1-20-13-21(2)19-36(18-20)30-8-6-7-26(34-30)27-12-11-24-16-32-25(15-28(24)35(27)4)17-33-31(37)23-10-9-22(3)29(14-23)38-5;1-3-2;1-2/h6-12,14-16,20-21,26,28,34H,13,17-19H2,1-5H3,(H,33,37);1-2H3;1-2H3. The minimum absolute atomic E-state index is 0.0764. The van der Waals surface area contributed by atoms with Crippen molar-refractivity contribution in [1.82, 2.24) is 20.4 Å². The van der Waals surface area contributed by atoms with E-state index in [1.54, 1.807) is 26.0 Å². The summed E-state index contributed by atoms with van der Waals surface area (Å²) in [6.45, 7) is 13.4. The number of aryl methyl sites for hydroxylation is 1. The van der Waals surface area contributed by atoms with E-state index in [2.05, 4.69) is 94.4 Å². The molecule has 4 atom stereocenters. The quantitative estimate of drug-likeness (QED) is 0.378. The summed E-state index contributed by atoms with van der Waals surface area (Å²) in [6, 6.07) is 6.03. The lowest BCUT2D eigenvalue weighted by atomic mass is 9.91. The van der Waals surface area contributed by atoms with Gasteiger partial charge in [-0.2, -0.15) is 0 Å². The molecule has 4 heterocycles. The molecule has 1 amide bonds. The zero-order valence-electron chi connectivity index (χ0n) is 27.5.